The second kappa shape index (κ2) is 3.09. The molecule has 1 aromatic carbocycles. The Morgan fingerprint density at radius 1 is 1.54 bits per heavy atom. The second-order valence-corrected chi connectivity index (χ2v) is 2.79. The van der Waals surface area contributed by atoms with E-state index in [4.69, 9.17) is 4.74 Å². The quantitative estimate of drug-likeness (QED) is 0.759. The first kappa shape index (κ1) is 8.10. The third-order valence-electron chi connectivity index (χ3n) is 1.86. The lowest BCUT2D eigenvalue weighted by Gasteiger charge is -1.94. The summed E-state index contributed by atoms with van der Waals surface area (Å²) < 4.78 is 5.25. The van der Waals surface area contributed by atoms with Crippen LogP contribution in [-0.4, -0.2) is 16.6 Å². The molecule has 0 saturated heterocycles. The van der Waals surface area contributed by atoms with E-state index in [1.165, 1.54) is 0 Å². The molecule has 0 fully saturated rings. The molecule has 67 valence electrons. The number of para-hydroxylation sites is 1. The molecule has 2 rings (SSSR count). The highest BCUT2D eigenvalue weighted by Crippen LogP contribution is 2.18. The molecule has 0 saturated carbocycles. The molecule has 0 bridgehead atoms. The molecule has 1 N–H and O–H groups in total. The van der Waals surface area contributed by atoms with Gasteiger partial charge in [0.25, 0.3) is 6.01 Å². The number of ether oxygens (including phenoxy) is 1. The first-order chi connectivity index (χ1) is 6.31. The maximum atomic E-state index is 5.25. The molecule has 0 aliphatic rings. The molecule has 0 amide bonds. The predicted octanol–water partition coefficient (Wildman–Crippen LogP) is 2.14. The first-order valence-corrected chi connectivity index (χ1v) is 4.24. The summed E-state index contributed by atoms with van der Waals surface area (Å²) in [6.45, 7) is 6.44. The fourth-order valence-corrected chi connectivity index (χ4v) is 1.27. The third-order valence-corrected chi connectivity index (χ3v) is 1.86. The molecule has 1 radical (unpaired) electrons. The van der Waals surface area contributed by atoms with Crippen molar-refractivity contribution in [2.24, 2.45) is 0 Å². The van der Waals surface area contributed by atoms with Gasteiger partial charge in [0, 0.05) is 0 Å². The molecular weight excluding hydrogens is 164 g/mol. The first-order valence-electron chi connectivity index (χ1n) is 4.24. The summed E-state index contributed by atoms with van der Waals surface area (Å²) in [5.41, 5.74) is 2.79. The number of aromatic nitrogens is 2. The van der Waals surface area contributed by atoms with Gasteiger partial charge in [-0.2, -0.15) is 4.98 Å². The minimum Gasteiger partial charge on any atom is -0.465 e. The molecule has 2 aromatic rings. The summed E-state index contributed by atoms with van der Waals surface area (Å²) in [5.74, 6) is 0. The highest BCUT2D eigenvalue weighted by atomic mass is 16.5. The number of hydrogen-bond donors (Lipinski definition) is 1. The van der Waals surface area contributed by atoms with Gasteiger partial charge in [0.2, 0.25) is 0 Å². The molecule has 3 heteroatoms. The van der Waals surface area contributed by atoms with Crippen LogP contribution in [0.25, 0.3) is 11.0 Å². The van der Waals surface area contributed by atoms with E-state index in [2.05, 4.69) is 16.9 Å². The second-order valence-electron chi connectivity index (χ2n) is 2.79. The zero-order chi connectivity index (χ0) is 9.26. The number of nitrogens with zero attached hydrogens (tertiary/aromatic N) is 1. The van der Waals surface area contributed by atoms with Crippen molar-refractivity contribution in [3.63, 3.8) is 0 Å². The summed E-state index contributed by atoms with van der Waals surface area (Å²) in [6, 6.07) is 6.37. The van der Waals surface area contributed by atoms with Crippen molar-refractivity contribution >= 4 is 11.0 Å². The number of aromatic amines is 1. The van der Waals surface area contributed by atoms with E-state index in [-0.39, 0.29) is 0 Å². The molecule has 13 heavy (non-hydrogen) atoms. The summed E-state index contributed by atoms with van der Waals surface area (Å²) in [7, 11) is 0. The van der Waals surface area contributed by atoms with Crippen molar-refractivity contribution in [2.45, 2.75) is 6.92 Å². The molecule has 1 heterocycles. The van der Waals surface area contributed by atoms with Crippen LogP contribution in [-0.2, 0) is 0 Å². The van der Waals surface area contributed by atoms with Crippen molar-refractivity contribution in [2.75, 3.05) is 6.61 Å². The van der Waals surface area contributed by atoms with E-state index in [1.807, 2.05) is 25.1 Å². The van der Waals surface area contributed by atoms with Crippen LogP contribution in [0.15, 0.2) is 18.2 Å². The van der Waals surface area contributed by atoms with Gasteiger partial charge >= 0.3 is 0 Å². The number of rotatable bonds is 2. The normalized spacial score (nSPS) is 10.6. The van der Waals surface area contributed by atoms with Gasteiger partial charge in [-0.1, -0.05) is 12.1 Å². The number of nitrogens with one attached hydrogen (secondary N) is 1. The molecule has 0 aliphatic heterocycles. The smallest absolute Gasteiger partial charge is 0.294 e. The minimum absolute atomic E-state index is 0.564. The highest BCUT2D eigenvalue weighted by Gasteiger charge is 2.03. The zero-order valence-corrected chi connectivity index (χ0v) is 7.50. The van der Waals surface area contributed by atoms with E-state index < -0.39 is 0 Å². The lowest BCUT2D eigenvalue weighted by atomic mass is 10.2. The molecule has 3 nitrogen and oxygen atoms in total. The molecular formula is C10H11N2O. The van der Waals surface area contributed by atoms with Crippen LogP contribution in [0.3, 0.4) is 0 Å². The molecule has 0 spiro atoms. The number of hydrogen-bond acceptors (Lipinski definition) is 2. The number of imidazole rings is 1. The van der Waals surface area contributed by atoms with Crippen LogP contribution in [0.1, 0.15) is 12.5 Å². The Morgan fingerprint density at radius 2 is 2.38 bits per heavy atom. The Kier molecular flexibility index (Phi) is 1.93. The van der Waals surface area contributed by atoms with Crippen molar-refractivity contribution in [3.8, 4) is 6.01 Å². The maximum Gasteiger partial charge on any atom is 0.294 e. The van der Waals surface area contributed by atoms with Crippen molar-refractivity contribution in [1.29, 1.82) is 0 Å². The van der Waals surface area contributed by atoms with Crippen molar-refractivity contribution < 1.29 is 4.74 Å². The van der Waals surface area contributed by atoms with Gasteiger partial charge in [0.1, 0.15) is 0 Å². The SMILES string of the molecule is [CH2]c1cccc2nc(OCC)[nH]c12. The van der Waals surface area contributed by atoms with E-state index in [9.17, 15) is 0 Å². The lowest BCUT2D eigenvalue weighted by Crippen LogP contribution is -1.92. The van der Waals surface area contributed by atoms with E-state index in [0.717, 1.165) is 16.6 Å². The maximum absolute atomic E-state index is 5.25. The number of fused-ring (bicyclic) bond motifs is 1. The predicted molar refractivity (Wildman–Crippen MR) is 51.7 cm³/mol. The molecule has 1 aromatic heterocycles. The fourth-order valence-electron chi connectivity index (χ4n) is 1.27. The van der Waals surface area contributed by atoms with Crippen LogP contribution in [0, 0.1) is 6.92 Å². The number of H-pyrrole nitrogens is 1. The molecule has 0 unspecified atom stereocenters. The van der Waals surface area contributed by atoms with Gasteiger partial charge < -0.3 is 9.72 Å². The summed E-state index contributed by atoms with van der Waals surface area (Å²) in [5, 5.41) is 0. The topological polar surface area (TPSA) is 37.9 Å². The van der Waals surface area contributed by atoms with Crippen LogP contribution in [0.4, 0.5) is 0 Å². The van der Waals surface area contributed by atoms with Gasteiger partial charge in [0.15, 0.2) is 0 Å². The molecule has 0 aliphatic carbocycles. The van der Waals surface area contributed by atoms with Gasteiger partial charge in [-0.05, 0) is 25.5 Å². The Hall–Kier alpha value is -1.51. The van der Waals surface area contributed by atoms with Gasteiger partial charge in [-0.3, -0.25) is 0 Å². The van der Waals surface area contributed by atoms with Crippen LogP contribution < -0.4 is 4.74 Å². The zero-order valence-electron chi connectivity index (χ0n) is 7.50. The fraction of sp³-hybridized carbons (Fsp3) is 0.200. The Morgan fingerprint density at radius 3 is 3.08 bits per heavy atom. The van der Waals surface area contributed by atoms with Gasteiger partial charge in [-0.15, -0.1) is 0 Å². The lowest BCUT2D eigenvalue weighted by molar-refractivity contribution is 0.317. The molecule has 0 atom stereocenters. The Labute approximate surface area is 76.8 Å². The summed E-state index contributed by atoms with van der Waals surface area (Å²) in [6.07, 6.45) is 0. The van der Waals surface area contributed by atoms with E-state index in [1.54, 1.807) is 0 Å². The number of benzene rings is 1. The van der Waals surface area contributed by atoms with E-state index >= 15 is 0 Å². The average molecular weight is 175 g/mol. The average Bonchev–Trinajstić information content (AvgIpc) is 2.49. The third kappa shape index (κ3) is 1.37. The summed E-state index contributed by atoms with van der Waals surface area (Å²) >= 11 is 0. The standard InChI is InChI=1S/C10H11N2O/c1-3-13-10-11-8-6-4-5-7(2)9(8)12-10/h4-6H,2-3H2,1H3,(H,11,12). The highest BCUT2D eigenvalue weighted by molar-refractivity contribution is 5.79. The van der Waals surface area contributed by atoms with Crippen LogP contribution in [0.2, 0.25) is 0 Å². The minimum atomic E-state index is 0.564. The monoisotopic (exact) mass is 175 g/mol. The van der Waals surface area contributed by atoms with Crippen molar-refractivity contribution in [3.05, 3.63) is 30.7 Å². The Balaban J connectivity index is 2.55. The van der Waals surface area contributed by atoms with Crippen LogP contribution >= 0.6 is 0 Å². The van der Waals surface area contributed by atoms with Crippen molar-refractivity contribution in [1.82, 2.24) is 9.97 Å². The summed E-state index contributed by atoms with van der Waals surface area (Å²) in [4.78, 5) is 7.31. The van der Waals surface area contributed by atoms with Crippen LogP contribution in [0.5, 0.6) is 6.01 Å². The Bertz CT molecular complexity index is 420. The van der Waals surface area contributed by atoms with Gasteiger partial charge in [-0.25, -0.2) is 0 Å². The largest absolute Gasteiger partial charge is 0.465 e. The van der Waals surface area contributed by atoms with Gasteiger partial charge in [0.05, 0.1) is 17.6 Å². The van der Waals surface area contributed by atoms with E-state index in [0.29, 0.717) is 12.6 Å².